The molecule has 0 amide bonds. The topological polar surface area (TPSA) is 6.48 Å². The Hall–Kier alpha value is 1.52. The fraction of sp³-hybridized carbons (Fsp3) is 0.667. The maximum Gasteiger partial charge on any atom is 0.132 e. The zero-order valence-electron chi connectivity index (χ0n) is 8.26. The third-order valence-electron chi connectivity index (χ3n) is 0.765. The molecule has 14 heavy (non-hydrogen) atoms. The maximum absolute atomic E-state index is 4.61. The van der Waals surface area contributed by atoms with E-state index in [4.69, 9.17) is 0 Å². The molecule has 0 fully saturated rings. The summed E-state index contributed by atoms with van der Waals surface area (Å²) in [6, 6.07) is 0. The summed E-state index contributed by atoms with van der Waals surface area (Å²) >= 11 is 16.9. The van der Waals surface area contributed by atoms with Crippen LogP contribution in [0.5, 0.6) is 0 Å². The van der Waals surface area contributed by atoms with Crippen molar-refractivity contribution in [3.05, 3.63) is 0 Å². The molecule has 0 rings (SSSR count). The molecule has 0 N–H and O–H groups in total. The van der Waals surface area contributed by atoms with Crippen LogP contribution in [0.15, 0.2) is 0 Å². The van der Waals surface area contributed by atoms with Gasteiger partial charge in [0, 0.05) is 62.3 Å². The average molecular weight is 362 g/mol. The van der Waals surface area contributed by atoms with Gasteiger partial charge in [0.15, 0.2) is 0 Å². The maximum atomic E-state index is 4.61. The van der Waals surface area contributed by atoms with E-state index in [0.717, 1.165) is 0 Å². The normalized spacial score (nSPS) is 6.71. The predicted molar refractivity (Wildman–Crippen MR) is 70.5 cm³/mol. The molecule has 0 saturated heterocycles. The van der Waals surface area contributed by atoms with Crippen molar-refractivity contribution in [2.45, 2.75) is 0 Å². The molecule has 0 aliphatic heterocycles. The molecule has 0 aliphatic rings. The molecule has 0 bridgehead atoms. The molecule has 1 radical (unpaired) electrons. The minimum Gasteiger partial charge on any atom is -0.364 e. The second-order valence-electron chi connectivity index (χ2n) is 2.35. The van der Waals surface area contributed by atoms with Crippen molar-refractivity contribution in [1.82, 2.24) is 9.80 Å². The van der Waals surface area contributed by atoms with Gasteiger partial charge >= 0.3 is 0 Å². The second-order valence-corrected chi connectivity index (χ2v) is 4.58. The van der Waals surface area contributed by atoms with Crippen LogP contribution in [-0.2, 0) is 34.1 Å². The third-order valence-corrected chi connectivity index (χ3v) is 2.30. The first kappa shape index (κ1) is 24.7. The summed E-state index contributed by atoms with van der Waals surface area (Å²) in [5.41, 5.74) is 0. The molecule has 0 aromatic heterocycles. The summed E-state index contributed by atoms with van der Waals surface area (Å²) in [5.74, 6) is 0. The van der Waals surface area contributed by atoms with Gasteiger partial charge in [0.1, 0.15) is 8.64 Å². The molecule has 0 saturated carbocycles. The zero-order chi connectivity index (χ0) is 10.3. The molecular formula is C6H14CuFeN2S4. The summed E-state index contributed by atoms with van der Waals surface area (Å²) in [6.07, 6.45) is 0. The Labute approximate surface area is 129 Å². The average Bonchev–Trinajstić information content (AvgIpc) is 1.88. The molecule has 0 aliphatic carbocycles. The number of thiol groups is 2. The van der Waals surface area contributed by atoms with Gasteiger partial charge in [0.25, 0.3) is 0 Å². The Kier molecular flexibility index (Phi) is 25.6. The third kappa shape index (κ3) is 23.4. The molecular weight excluding hydrogens is 348 g/mol. The minimum atomic E-state index is 0. The standard InChI is InChI=1S/2C3H7NS2.Cu.Fe/c2*1-4(2)3(5)6;;/h2*1-2H3,(H,5,6);;. The van der Waals surface area contributed by atoms with Crippen LogP contribution in [0.3, 0.4) is 0 Å². The van der Waals surface area contributed by atoms with Crippen molar-refractivity contribution >= 4 is 58.3 Å². The molecule has 0 heterocycles. The van der Waals surface area contributed by atoms with E-state index >= 15 is 0 Å². The SMILES string of the molecule is CN(C)C(=S)S.CN(C)C(=S)S.[Cu].[Fe]. The van der Waals surface area contributed by atoms with E-state index in [2.05, 4.69) is 49.7 Å². The molecule has 91 valence electrons. The van der Waals surface area contributed by atoms with Gasteiger partial charge in [0.2, 0.25) is 0 Å². The van der Waals surface area contributed by atoms with E-state index in [1.165, 1.54) is 0 Å². The number of thiocarbonyl (C=S) groups is 2. The van der Waals surface area contributed by atoms with Crippen LogP contribution in [0.1, 0.15) is 0 Å². The van der Waals surface area contributed by atoms with Crippen molar-refractivity contribution in [2.75, 3.05) is 28.2 Å². The fourth-order valence-corrected chi connectivity index (χ4v) is 0. The van der Waals surface area contributed by atoms with E-state index in [-0.39, 0.29) is 34.1 Å². The molecule has 8 heteroatoms. The molecule has 0 atom stereocenters. The zero-order valence-corrected chi connectivity index (χ0v) is 13.7. The van der Waals surface area contributed by atoms with E-state index in [1.54, 1.807) is 9.80 Å². The van der Waals surface area contributed by atoms with E-state index in [9.17, 15) is 0 Å². The number of hydrogen-bond acceptors (Lipinski definition) is 2. The number of hydrogen-bond donors (Lipinski definition) is 2. The fourth-order valence-electron chi connectivity index (χ4n) is 0. The summed E-state index contributed by atoms with van der Waals surface area (Å²) < 4.78 is 1.24. The summed E-state index contributed by atoms with van der Waals surface area (Å²) in [6.45, 7) is 0. The van der Waals surface area contributed by atoms with Crippen LogP contribution in [0.4, 0.5) is 0 Å². The predicted octanol–water partition coefficient (Wildman–Crippen LogP) is 1.52. The van der Waals surface area contributed by atoms with Crippen LogP contribution < -0.4 is 0 Å². The van der Waals surface area contributed by atoms with Gasteiger partial charge in [0.05, 0.1) is 0 Å². The van der Waals surface area contributed by atoms with Crippen LogP contribution in [-0.4, -0.2) is 46.6 Å². The van der Waals surface area contributed by atoms with Gasteiger partial charge in [-0.15, -0.1) is 25.3 Å². The van der Waals surface area contributed by atoms with Gasteiger partial charge in [-0.3, -0.25) is 0 Å². The Balaban J connectivity index is -0.0000000625. The van der Waals surface area contributed by atoms with Gasteiger partial charge in [-0.1, -0.05) is 24.4 Å². The van der Waals surface area contributed by atoms with Gasteiger partial charge in [-0.05, 0) is 0 Å². The Bertz CT molecular complexity index is 148. The van der Waals surface area contributed by atoms with Crippen molar-refractivity contribution in [1.29, 1.82) is 0 Å². The number of rotatable bonds is 0. The van der Waals surface area contributed by atoms with Crippen LogP contribution >= 0.6 is 49.7 Å². The Morgan fingerprint density at radius 2 is 0.929 bits per heavy atom. The van der Waals surface area contributed by atoms with Crippen molar-refractivity contribution in [3.8, 4) is 0 Å². The first-order valence-electron chi connectivity index (χ1n) is 3.09. The molecule has 0 aromatic rings. The minimum absolute atomic E-state index is 0. The Morgan fingerprint density at radius 1 is 0.857 bits per heavy atom. The smallest absolute Gasteiger partial charge is 0.132 e. The van der Waals surface area contributed by atoms with E-state index in [0.29, 0.717) is 8.64 Å². The first-order valence-corrected chi connectivity index (χ1v) is 4.80. The van der Waals surface area contributed by atoms with Gasteiger partial charge in [-0.25, -0.2) is 0 Å². The largest absolute Gasteiger partial charge is 0.364 e. The van der Waals surface area contributed by atoms with E-state index < -0.39 is 0 Å². The van der Waals surface area contributed by atoms with Crippen LogP contribution in [0.2, 0.25) is 0 Å². The summed E-state index contributed by atoms with van der Waals surface area (Å²) in [4.78, 5) is 3.52. The van der Waals surface area contributed by atoms with Crippen LogP contribution in [0, 0.1) is 0 Å². The molecule has 0 aromatic carbocycles. The van der Waals surface area contributed by atoms with Crippen LogP contribution in [0.25, 0.3) is 0 Å². The van der Waals surface area contributed by atoms with Gasteiger partial charge in [-0.2, -0.15) is 0 Å². The second kappa shape index (κ2) is 14.5. The van der Waals surface area contributed by atoms with Crippen molar-refractivity contribution in [2.24, 2.45) is 0 Å². The monoisotopic (exact) mass is 361 g/mol. The van der Waals surface area contributed by atoms with Crippen molar-refractivity contribution in [3.63, 3.8) is 0 Å². The first-order chi connectivity index (χ1) is 5.29. The molecule has 0 spiro atoms. The van der Waals surface area contributed by atoms with Crippen molar-refractivity contribution < 1.29 is 34.1 Å². The quantitative estimate of drug-likeness (QED) is 0.383. The summed E-state index contributed by atoms with van der Waals surface area (Å²) in [5, 5.41) is 0. The van der Waals surface area contributed by atoms with E-state index in [1.807, 2.05) is 28.2 Å². The molecule has 0 unspecified atom stereocenters. The van der Waals surface area contributed by atoms with Gasteiger partial charge < -0.3 is 9.80 Å². The number of nitrogens with zero attached hydrogens (tertiary/aromatic N) is 2. The Morgan fingerprint density at radius 3 is 0.929 bits per heavy atom. The molecule has 2 nitrogen and oxygen atoms in total. The summed E-state index contributed by atoms with van der Waals surface area (Å²) in [7, 11) is 7.43.